The second-order valence-electron chi connectivity index (χ2n) is 13.6. The number of nitrogens with zero attached hydrogens (tertiary/aromatic N) is 3. The van der Waals surface area contributed by atoms with Crippen LogP contribution in [0.1, 0.15) is 0 Å². The number of hydrogen-bond donors (Lipinski definition) is 0. The Bertz CT molecular complexity index is 3080. The molecule has 0 aliphatic heterocycles. The lowest BCUT2D eigenvalue weighted by molar-refractivity contribution is 0.665. The van der Waals surface area contributed by atoms with Crippen LogP contribution in [0.25, 0.3) is 111 Å². The molecule has 54 heavy (non-hydrogen) atoms. The first-order valence-corrected chi connectivity index (χ1v) is 18.0. The molecule has 3 aromatic heterocycles. The zero-order valence-electron chi connectivity index (χ0n) is 28.9. The topological polar surface area (TPSA) is 65.0 Å². The minimum Gasteiger partial charge on any atom is -0.455 e. The highest BCUT2D eigenvalue weighted by Crippen LogP contribution is 2.45. The van der Waals surface area contributed by atoms with Gasteiger partial charge in [-0.3, -0.25) is 0 Å². The maximum Gasteiger partial charge on any atom is 0.164 e. The van der Waals surface area contributed by atoms with E-state index in [0.717, 1.165) is 93.6 Å². The molecule has 5 nitrogen and oxygen atoms in total. The average Bonchev–Trinajstić information content (AvgIpc) is 3.83. The monoisotopic (exact) mass is 691 g/mol. The fourth-order valence-electron chi connectivity index (χ4n) is 7.69. The van der Waals surface area contributed by atoms with Crippen LogP contribution in [0.2, 0.25) is 0 Å². The number of benzene rings is 8. The lowest BCUT2D eigenvalue weighted by Gasteiger charge is -2.10. The van der Waals surface area contributed by atoms with Crippen molar-refractivity contribution in [3.63, 3.8) is 0 Å². The molecule has 0 atom stereocenters. The Hall–Kier alpha value is -7.37. The van der Waals surface area contributed by atoms with Gasteiger partial charge in [0.15, 0.2) is 17.5 Å². The molecule has 5 heteroatoms. The highest BCUT2D eigenvalue weighted by molar-refractivity contribution is 6.33. The van der Waals surface area contributed by atoms with Crippen molar-refractivity contribution < 1.29 is 8.83 Å². The SMILES string of the molecule is c1ccc(-c2ccc(-c3nc(-c4ccc(-c5ccccc5)cc4)nc(-c4ccc5c(c4)oc4c6ccccc6c6c7ccccc7oc6c54)n3)cc2)cc1. The van der Waals surface area contributed by atoms with Crippen molar-refractivity contribution in [1.29, 1.82) is 0 Å². The predicted octanol–water partition coefficient (Wildman–Crippen LogP) is 13.2. The van der Waals surface area contributed by atoms with Crippen LogP contribution in [0.15, 0.2) is 185 Å². The third kappa shape index (κ3) is 4.90. The van der Waals surface area contributed by atoms with Crippen molar-refractivity contribution >= 4 is 54.6 Å². The molecule has 0 aliphatic rings. The van der Waals surface area contributed by atoms with E-state index in [1.807, 2.05) is 30.3 Å². The minimum absolute atomic E-state index is 0.565. The molecule has 0 spiro atoms. The number of aromatic nitrogens is 3. The molecule has 11 rings (SSSR count). The Morgan fingerprint density at radius 2 is 0.704 bits per heavy atom. The smallest absolute Gasteiger partial charge is 0.164 e. The zero-order valence-corrected chi connectivity index (χ0v) is 28.9. The summed E-state index contributed by atoms with van der Waals surface area (Å²) in [5, 5.41) is 6.29. The first kappa shape index (κ1) is 30.3. The Morgan fingerprint density at radius 3 is 1.31 bits per heavy atom. The van der Waals surface area contributed by atoms with E-state index >= 15 is 0 Å². The van der Waals surface area contributed by atoms with Crippen LogP contribution < -0.4 is 0 Å². The van der Waals surface area contributed by atoms with Gasteiger partial charge in [-0.25, -0.2) is 15.0 Å². The lowest BCUT2D eigenvalue weighted by Crippen LogP contribution is -2.00. The molecule has 0 bridgehead atoms. The van der Waals surface area contributed by atoms with E-state index in [4.69, 9.17) is 23.8 Å². The quantitative estimate of drug-likeness (QED) is 0.180. The number of fused-ring (bicyclic) bond motifs is 10. The van der Waals surface area contributed by atoms with E-state index < -0.39 is 0 Å². The van der Waals surface area contributed by atoms with Crippen LogP contribution in [0.4, 0.5) is 0 Å². The first-order valence-electron chi connectivity index (χ1n) is 18.0. The van der Waals surface area contributed by atoms with Gasteiger partial charge in [-0.1, -0.05) is 158 Å². The molecule has 0 fully saturated rings. The standard InChI is InChI=1S/C49H29N3O2/c1-3-11-30(12-4-1)32-19-23-34(24-20-32)47-50-48(35-25-21-33(22-26-35)31-13-5-2-6-14-31)52-49(51-47)36-27-28-40-42(29-36)54-45-38-16-8-7-15-37(38)43-39-17-9-10-18-41(39)53-46(43)44(40)45/h1-29H. The van der Waals surface area contributed by atoms with Crippen molar-refractivity contribution in [3.8, 4) is 56.4 Å². The number of hydrogen-bond acceptors (Lipinski definition) is 5. The largest absolute Gasteiger partial charge is 0.455 e. The molecule has 0 N–H and O–H groups in total. The molecule has 0 saturated heterocycles. The van der Waals surface area contributed by atoms with Gasteiger partial charge in [0.25, 0.3) is 0 Å². The van der Waals surface area contributed by atoms with Crippen LogP contribution in [0.3, 0.4) is 0 Å². The van der Waals surface area contributed by atoms with Gasteiger partial charge >= 0.3 is 0 Å². The maximum atomic E-state index is 6.74. The minimum atomic E-state index is 0.565. The van der Waals surface area contributed by atoms with E-state index in [1.54, 1.807) is 0 Å². The van der Waals surface area contributed by atoms with Gasteiger partial charge in [-0.15, -0.1) is 0 Å². The summed E-state index contributed by atoms with van der Waals surface area (Å²) < 4.78 is 13.3. The molecule has 0 radical (unpaired) electrons. The average molecular weight is 692 g/mol. The van der Waals surface area contributed by atoms with Crippen LogP contribution >= 0.6 is 0 Å². The summed E-state index contributed by atoms with van der Waals surface area (Å²) in [6.07, 6.45) is 0. The molecule has 0 amide bonds. The number of rotatable bonds is 5. The predicted molar refractivity (Wildman–Crippen MR) is 219 cm³/mol. The number of furan rings is 2. The van der Waals surface area contributed by atoms with E-state index in [0.29, 0.717) is 17.5 Å². The van der Waals surface area contributed by atoms with Crippen molar-refractivity contribution in [2.75, 3.05) is 0 Å². The van der Waals surface area contributed by atoms with Gasteiger partial charge in [0.05, 0.1) is 5.39 Å². The van der Waals surface area contributed by atoms with Gasteiger partial charge < -0.3 is 8.83 Å². The Kier molecular flexibility index (Phi) is 6.79. The zero-order chi connectivity index (χ0) is 35.6. The van der Waals surface area contributed by atoms with E-state index in [9.17, 15) is 0 Å². The summed E-state index contributed by atoms with van der Waals surface area (Å²) in [6.45, 7) is 0. The normalized spacial score (nSPS) is 11.7. The molecule has 0 unspecified atom stereocenters. The lowest BCUT2D eigenvalue weighted by atomic mass is 9.99. The summed E-state index contributed by atoms with van der Waals surface area (Å²) in [7, 11) is 0. The van der Waals surface area contributed by atoms with Gasteiger partial charge in [-0.2, -0.15) is 0 Å². The fraction of sp³-hybridized carbons (Fsp3) is 0. The fourth-order valence-corrected chi connectivity index (χ4v) is 7.69. The van der Waals surface area contributed by atoms with Crippen molar-refractivity contribution in [1.82, 2.24) is 15.0 Å². The molecule has 252 valence electrons. The molecule has 0 aliphatic carbocycles. The second kappa shape index (κ2) is 12.1. The second-order valence-corrected chi connectivity index (χ2v) is 13.6. The summed E-state index contributed by atoms with van der Waals surface area (Å²) in [5.74, 6) is 1.76. The van der Waals surface area contributed by atoms with Crippen molar-refractivity contribution in [2.24, 2.45) is 0 Å². The highest BCUT2D eigenvalue weighted by Gasteiger charge is 2.22. The summed E-state index contributed by atoms with van der Waals surface area (Å²) in [5.41, 5.74) is 10.5. The summed E-state index contributed by atoms with van der Waals surface area (Å²) in [4.78, 5) is 15.2. The molecule has 3 heterocycles. The van der Waals surface area contributed by atoms with Crippen molar-refractivity contribution in [2.45, 2.75) is 0 Å². The summed E-state index contributed by atoms with van der Waals surface area (Å²) >= 11 is 0. The van der Waals surface area contributed by atoms with Crippen molar-refractivity contribution in [3.05, 3.63) is 176 Å². The first-order chi connectivity index (χ1) is 26.7. The van der Waals surface area contributed by atoms with Crippen LogP contribution in [0, 0.1) is 0 Å². The molecule has 11 aromatic rings. The Labute approximate surface area is 309 Å². The van der Waals surface area contributed by atoms with E-state index in [-0.39, 0.29) is 0 Å². The van der Waals surface area contributed by atoms with E-state index in [2.05, 4.69) is 146 Å². The third-order valence-corrected chi connectivity index (χ3v) is 10.3. The van der Waals surface area contributed by atoms with Gasteiger partial charge in [0.1, 0.15) is 22.3 Å². The van der Waals surface area contributed by atoms with Crippen LogP contribution in [-0.4, -0.2) is 15.0 Å². The molecular formula is C49H29N3O2. The highest BCUT2D eigenvalue weighted by atomic mass is 16.3. The number of para-hydroxylation sites is 1. The van der Waals surface area contributed by atoms with Gasteiger partial charge in [0, 0.05) is 38.2 Å². The van der Waals surface area contributed by atoms with Gasteiger partial charge in [-0.05, 0) is 45.8 Å². The summed E-state index contributed by atoms with van der Waals surface area (Å²) in [6, 6.07) is 60.3. The Balaban J connectivity index is 1.08. The third-order valence-electron chi connectivity index (χ3n) is 10.3. The Morgan fingerprint density at radius 1 is 0.278 bits per heavy atom. The molecule has 0 saturated carbocycles. The maximum absolute atomic E-state index is 6.74. The van der Waals surface area contributed by atoms with Crippen LogP contribution in [0.5, 0.6) is 0 Å². The van der Waals surface area contributed by atoms with E-state index in [1.165, 1.54) is 0 Å². The van der Waals surface area contributed by atoms with Gasteiger partial charge in [0.2, 0.25) is 0 Å². The molecular weight excluding hydrogens is 663 g/mol. The van der Waals surface area contributed by atoms with Crippen LogP contribution in [-0.2, 0) is 0 Å². The molecule has 8 aromatic carbocycles.